The third-order valence-electron chi connectivity index (χ3n) is 3.20. The maximum atomic E-state index is 13.8. The average molecular weight is 284 g/mol. The highest BCUT2D eigenvalue weighted by atomic mass is 19.3. The number of ether oxygens (including phenoxy) is 1. The molecule has 0 fully saturated rings. The van der Waals surface area contributed by atoms with Crippen molar-refractivity contribution in [3.8, 4) is 0 Å². The van der Waals surface area contributed by atoms with E-state index in [9.17, 15) is 18.0 Å². The Kier molecular flexibility index (Phi) is 4.16. The molecule has 0 amide bonds. The summed E-state index contributed by atoms with van der Waals surface area (Å²) in [6, 6.07) is 4.07. The minimum Gasteiger partial charge on any atom is -0.462 e. The summed E-state index contributed by atoms with van der Waals surface area (Å²) < 4.78 is 45.1. The number of esters is 1. The van der Waals surface area contributed by atoms with Crippen LogP contribution >= 0.6 is 0 Å². The maximum absolute atomic E-state index is 13.8. The number of allylic oxidation sites excluding steroid dienone is 2. The van der Waals surface area contributed by atoms with Crippen molar-refractivity contribution in [2.75, 3.05) is 6.61 Å². The van der Waals surface area contributed by atoms with Crippen LogP contribution in [0.25, 0.3) is 5.57 Å². The number of carbonyl (C=O) groups is 1. The van der Waals surface area contributed by atoms with E-state index in [1.165, 1.54) is 25.1 Å². The van der Waals surface area contributed by atoms with Gasteiger partial charge < -0.3 is 4.74 Å². The smallest absolute Gasteiger partial charge is 0.377 e. The summed E-state index contributed by atoms with van der Waals surface area (Å²) in [5, 5.41) is 0. The molecule has 108 valence electrons. The van der Waals surface area contributed by atoms with Crippen LogP contribution in [0.15, 0.2) is 24.3 Å². The summed E-state index contributed by atoms with van der Waals surface area (Å²) >= 11 is 0. The molecule has 0 spiro atoms. The predicted octanol–water partition coefficient (Wildman–Crippen LogP) is 3.74. The van der Waals surface area contributed by atoms with Crippen LogP contribution in [0.3, 0.4) is 0 Å². The topological polar surface area (TPSA) is 26.3 Å². The highest BCUT2D eigenvalue weighted by Gasteiger charge is 2.41. The number of rotatable bonds is 4. The monoisotopic (exact) mass is 284 g/mol. The van der Waals surface area contributed by atoms with Crippen molar-refractivity contribution < 1.29 is 22.7 Å². The van der Waals surface area contributed by atoms with E-state index in [4.69, 9.17) is 0 Å². The van der Waals surface area contributed by atoms with Crippen molar-refractivity contribution in [1.82, 2.24) is 0 Å². The fraction of sp³-hybridized carbons (Fsp3) is 0.400. The lowest BCUT2D eigenvalue weighted by atomic mass is 9.87. The van der Waals surface area contributed by atoms with Gasteiger partial charge in [0.1, 0.15) is 5.82 Å². The van der Waals surface area contributed by atoms with E-state index < -0.39 is 18.3 Å². The molecule has 0 saturated carbocycles. The molecule has 1 aliphatic carbocycles. The van der Waals surface area contributed by atoms with Gasteiger partial charge in [0.15, 0.2) is 0 Å². The first-order valence-electron chi connectivity index (χ1n) is 6.47. The fourth-order valence-electron chi connectivity index (χ4n) is 2.31. The van der Waals surface area contributed by atoms with Crippen molar-refractivity contribution in [2.45, 2.75) is 32.1 Å². The first kappa shape index (κ1) is 14.6. The molecule has 0 aromatic heterocycles. The minimum atomic E-state index is -3.56. The Hall–Kier alpha value is -1.78. The standard InChI is InChI=1S/C15H15F3O2/c1-2-20-14(19)15(17,18)9-11-5-3-4-10-8-12(16)6-7-13(10)11/h5-8H,2-4,9H2,1H3. The van der Waals surface area contributed by atoms with Gasteiger partial charge in [0, 0.05) is 6.42 Å². The van der Waals surface area contributed by atoms with Crippen molar-refractivity contribution in [3.63, 3.8) is 0 Å². The molecule has 5 heteroatoms. The van der Waals surface area contributed by atoms with Gasteiger partial charge in [-0.1, -0.05) is 12.1 Å². The lowest BCUT2D eigenvalue weighted by Crippen LogP contribution is -2.31. The van der Waals surface area contributed by atoms with E-state index in [-0.39, 0.29) is 12.4 Å². The Bertz CT molecular complexity index is 550. The summed E-state index contributed by atoms with van der Waals surface area (Å²) in [6.07, 6.45) is 2.13. The summed E-state index contributed by atoms with van der Waals surface area (Å²) in [4.78, 5) is 11.2. The van der Waals surface area contributed by atoms with Crippen molar-refractivity contribution in [3.05, 3.63) is 41.2 Å². The first-order valence-corrected chi connectivity index (χ1v) is 6.47. The van der Waals surface area contributed by atoms with E-state index in [0.29, 0.717) is 29.5 Å². The van der Waals surface area contributed by atoms with E-state index >= 15 is 0 Å². The van der Waals surface area contributed by atoms with Gasteiger partial charge in [-0.3, -0.25) is 0 Å². The zero-order chi connectivity index (χ0) is 14.8. The average Bonchev–Trinajstić information content (AvgIpc) is 2.38. The van der Waals surface area contributed by atoms with E-state index in [2.05, 4.69) is 4.74 Å². The number of fused-ring (bicyclic) bond motifs is 1. The van der Waals surface area contributed by atoms with E-state index in [0.717, 1.165) is 0 Å². The zero-order valence-corrected chi connectivity index (χ0v) is 11.1. The van der Waals surface area contributed by atoms with Crippen LogP contribution in [-0.4, -0.2) is 18.5 Å². The first-order chi connectivity index (χ1) is 9.44. The third kappa shape index (κ3) is 3.03. The Morgan fingerprint density at radius 2 is 2.15 bits per heavy atom. The van der Waals surface area contributed by atoms with Crippen molar-refractivity contribution >= 4 is 11.5 Å². The van der Waals surface area contributed by atoms with Gasteiger partial charge in [0.2, 0.25) is 0 Å². The molecule has 0 atom stereocenters. The molecule has 0 heterocycles. The number of alkyl halides is 2. The lowest BCUT2D eigenvalue weighted by molar-refractivity contribution is -0.170. The van der Waals surface area contributed by atoms with Crippen LogP contribution in [0, 0.1) is 5.82 Å². The summed E-state index contributed by atoms with van der Waals surface area (Å²) in [5.74, 6) is -5.47. The number of carbonyl (C=O) groups excluding carboxylic acids is 1. The molecule has 0 radical (unpaired) electrons. The number of benzene rings is 1. The van der Waals surface area contributed by atoms with Crippen LogP contribution in [0.2, 0.25) is 0 Å². The third-order valence-corrected chi connectivity index (χ3v) is 3.20. The minimum absolute atomic E-state index is 0.0880. The number of hydrogen-bond acceptors (Lipinski definition) is 2. The maximum Gasteiger partial charge on any atom is 0.377 e. The van der Waals surface area contributed by atoms with Gasteiger partial charge in [-0.05, 0) is 48.6 Å². The Morgan fingerprint density at radius 3 is 2.85 bits per heavy atom. The molecule has 0 aliphatic heterocycles. The molecular weight excluding hydrogens is 269 g/mol. The summed E-state index contributed by atoms with van der Waals surface area (Å²) in [6.45, 7) is 1.39. The van der Waals surface area contributed by atoms with Crippen LogP contribution < -0.4 is 0 Å². The van der Waals surface area contributed by atoms with Gasteiger partial charge >= 0.3 is 11.9 Å². The van der Waals surface area contributed by atoms with E-state index in [1.54, 1.807) is 6.08 Å². The molecule has 0 unspecified atom stereocenters. The summed E-state index contributed by atoms with van der Waals surface area (Å²) in [5.41, 5.74) is 1.65. The quantitative estimate of drug-likeness (QED) is 0.787. The van der Waals surface area contributed by atoms with Gasteiger partial charge in [-0.25, -0.2) is 9.18 Å². The molecule has 20 heavy (non-hydrogen) atoms. The fourth-order valence-corrected chi connectivity index (χ4v) is 2.31. The van der Waals surface area contributed by atoms with Crippen molar-refractivity contribution in [2.24, 2.45) is 0 Å². The zero-order valence-electron chi connectivity index (χ0n) is 11.1. The van der Waals surface area contributed by atoms with Crippen LogP contribution in [-0.2, 0) is 16.0 Å². The normalized spacial score (nSPS) is 14.5. The number of halogens is 3. The second kappa shape index (κ2) is 5.69. The highest BCUT2D eigenvalue weighted by Crippen LogP contribution is 2.35. The summed E-state index contributed by atoms with van der Waals surface area (Å²) in [7, 11) is 0. The van der Waals surface area contributed by atoms with Gasteiger partial charge in [0.25, 0.3) is 0 Å². The van der Waals surface area contributed by atoms with Crippen LogP contribution in [0.4, 0.5) is 13.2 Å². The van der Waals surface area contributed by atoms with Gasteiger partial charge in [-0.2, -0.15) is 8.78 Å². The SMILES string of the molecule is CCOC(=O)C(F)(F)CC1=CCCc2cc(F)ccc21. The Morgan fingerprint density at radius 1 is 1.40 bits per heavy atom. The molecule has 2 nitrogen and oxygen atoms in total. The van der Waals surface area contributed by atoms with Crippen molar-refractivity contribution in [1.29, 1.82) is 0 Å². The second-order valence-corrected chi connectivity index (χ2v) is 4.67. The Labute approximate surface area is 115 Å². The van der Waals surface area contributed by atoms with Crippen LogP contribution in [0.5, 0.6) is 0 Å². The molecule has 1 aromatic rings. The molecule has 0 bridgehead atoms. The number of hydrogen-bond donors (Lipinski definition) is 0. The molecule has 1 aromatic carbocycles. The highest BCUT2D eigenvalue weighted by molar-refractivity contribution is 5.82. The van der Waals surface area contributed by atoms with E-state index in [1.807, 2.05) is 0 Å². The second-order valence-electron chi connectivity index (χ2n) is 4.67. The number of aryl methyl sites for hydroxylation is 1. The molecule has 2 rings (SSSR count). The molecule has 0 saturated heterocycles. The largest absolute Gasteiger partial charge is 0.462 e. The predicted molar refractivity (Wildman–Crippen MR) is 68.9 cm³/mol. The van der Waals surface area contributed by atoms with Crippen LogP contribution in [0.1, 0.15) is 30.9 Å². The Balaban J connectivity index is 2.23. The molecule has 1 aliphatic rings. The lowest BCUT2D eigenvalue weighted by Gasteiger charge is -2.21. The van der Waals surface area contributed by atoms with Gasteiger partial charge in [-0.15, -0.1) is 0 Å². The molecular formula is C15H15F3O2. The molecule has 0 N–H and O–H groups in total. The van der Waals surface area contributed by atoms with Gasteiger partial charge in [0.05, 0.1) is 6.61 Å².